The maximum atomic E-state index is 13.9. The van der Waals surface area contributed by atoms with Crippen molar-refractivity contribution in [2.75, 3.05) is 0 Å². The molecule has 0 aliphatic heterocycles. The molecule has 0 saturated heterocycles. The average molecular weight is 405 g/mol. The number of carboxylic acid groups (broad SMARTS) is 1. The van der Waals surface area contributed by atoms with Gasteiger partial charge in [-0.25, -0.2) is 18.0 Å². The molecule has 0 amide bonds. The van der Waals surface area contributed by atoms with Gasteiger partial charge >= 0.3 is 18.1 Å². The van der Waals surface area contributed by atoms with Crippen molar-refractivity contribution in [1.29, 1.82) is 0 Å². The highest BCUT2D eigenvalue weighted by molar-refractivity contribution is 5.90. The number of hydrogen-bond donors (Lipinski definition) is 1. The maximum absolute atomic E-state index is 13.9. The molecule has 146 valence electrons. The molecule has 0 saturated carbocycles. The summed E-state index contributed by atoms with van der Waals surface area (Å²) in [5.74, 6) is -23.0. The molecule has 1 aromatic carbocycles. The zero-order valence-electron chi connectivity index (χ0n) is 12.3. The fourth-order valence-electron chi connectivity index (χ4n) is 1.87. The first-order valence-electron chi connectivity index (χ1n) is 6.46. The summed E-state index contributed by atoms with van der Waals surface area (Å²) in [6.45, 7) is 0. The van der Waals surface area contributed by atoms with E-state index in [0.717, 1.165) is 6.20 Å². The smallest absolute Gasteiger partial charge is 0.458 e. The van der Waals surface area contributed by atoms with Gasteiger partial charge in [-0.1, -0.05) is 0 Å². The lowest BCUT2D eigenvalue weighted by molar-refractivity contribution is -0.290. The Kier molecular flexibility index (Phi) is 4.99. The summed E-state index contributed by atoms with van der Waals surface area (Å²) in [6.07, 6.45) is -5.25. The van der Waals surface area contributed by atoms with Crippen LogP contribution >= 0.6 is 0 Å². The maximum Gasteiger partial charge on any atom is 0.458 e. The van der Waals surface area contributed by atoms with Crippen LogP contribution in [0.25, 0.3) is 0 Å². The second-order valence-corrected chi connectivity index (χ2v) is 4.81. The number of ether oxygens (including phenoxy) is 1. The number of carbonyl (C=O) groups is 1. The largest absolute Gasteiger partial charge is 0.477 e. The van der Waals surface area contributed by atoms with E-state index in [0.29, 0.717) is 12.3 Å². The topological polar surface area (TPSA) is 59.4 Å². The molecule has 2 rings (SSSR count). The second-order valence-electron chi connectivity index (χ2n) is 4.81. The number of halogens is 9. The van der Waals surface area contributed by atoms with Gasteiger partial charge in [0.1, 0.15) is 16.9 Å². The van der Waals surface area contributed by atoms with Crippen LogP contribution in [0.5, 0.6) is 11.5 Å². The molecule has 1 N–H and O–H groups in total. The summed E-state index contributed by atoms with van der Waals surface area (Å²) in [4.78, 5) is 14.3. The quantitative estimate of drug-likeness (QED) is 0.452. The molecule has 0 aliphatic rings. The lowest BCUT2D eigenvalue weighted by Gasteiger charge is -2.23. The molecule has 0 aliphatic carbocycles. The Hall–Kier alpha value is -2.99. The number of aromatic nitrogens is 1. The molecule has 27 heavy (non-hydrogen) atoms. The normalized spacial score (nSPS) is 12.2. The Labute approximate surface area is 142 Å². The molecule has 13 heteroatoms. The number of carboxylic acids is 1. The Morgan fingerprint density at radius 1 is 0.963 bits per heavy atom. The molecule has 0 unspecified atom stereocenters. The van der Waals surface area contributed by atoms with E-state index in [1.807, 2.05) is 0 Å². The molecule has 0 bridgehead atoms. The van der Waals surface area contributed by atoms with Crippen molar-refractivity contribution in [3.8, 4) is 11.5 Å². The molecule has 1 heterocycles. The van der Waals surface area contributed by atoms with Crippen LogP contribution in [0.2, 0.25) is 0 Å². The fraction of sp³-hybridized carbons (Fsp3) is 0.143. The molecule has 0 fully saturated rings. The van der Waals surface area contributed by atoms with E-state index in [2.05, 4.69) is 9.72 Å². The van der Waals surface area contributed by atoms with Gasteiger partial charge in [0.2, 0.25) is 11.6 Å². The van der Waals surface area contributed by atoms with Crippen LogP contribution in [-0.2, 0) is 5.92 Å². The third-order valence-electron chi connectivity index (χ3n) is 3.12. The first-order chi connectivity index (χ1) is 12.3. The molecular formula is C14H4F9NO3. The van der Waals surface area contributed by atoms with E-state index >= 15 is 0 Å². The fourth-order valence-corrected chi connectivity index (χ4v) is 1.87. The predicted molar refractivity (Wildman–Crippen MR) is 67.5 cm³/mol. The average Bonchev–Trinajstić information content (AvgIpc) is 2.57. The third-order valence-corrected chi connectivity index (χ3v) is 3.12. The number of hydrogen-bond acceptors (Lipinski definition) is 3. The van der Waals surface area contributed by atoms with Crippen LogP contribution in [0.3, 0.4) is 0 Å². The molecule has 0 atom stereocenters. The molecule has 1 aromatic heterocycles. The van der Waals surface area contributed by atoms with E-state index in [9.17, 15) is 44.3 Å². The van der Waals surface area contributed by atoms with Crippen LogP contribution < -0.4 is 4.74 Å². The van der Waals surface area contributed by atoms with Gasteiger partial charge < -0.3 is 9.84 Å². The number of rotatable bonds is 4. The van der Waals surface area contributed by atoms with Crippen molar-refractivity contribution >= 4 is 5.97 Å². The van der Waals surface area contributed by atoms with Gasteiger partial charge in [0.15, 0.2) is 17.4 Å². The molecule has 4 nitrogen and oxygen atoms in total. The number of pyridine rings is 1. The van der Waals surface area contributed by atoms with E-state index in [-0.39, 0.29) is 0 Å². The summed E-state index contributed by atoms with van der Waals surface area (Å²) in [5.41, 5.74) is -3.96. The summed E-state index contributed by atoms with van der Waals surface area (Å²) >= 11 is 0. The number of benzene rings is 1. The first-order valence-corrected chi connectivity index (χ1v) is 6.46. The van der Waals surface area contributed by atoms with Crippen LogP contribution in [0, 0.1) is 23.3 Å². The van der Waals surface area contributed by atoms with E-state index in [1.54, 1.807) is 0 Å². The Morgan fingerprint density at radius 2 is 1.52 bits per heavy atom. The summed E-state index contributed by atoms with van der Waals surface area (Å²) in [6, 6.07) is 0.581. The molecular weight excluding hydrogens is 401 g/mol. The van der Waals surface area contributed by atoms with Crippen molar-refractivity contribution in [3.63, 3.8) is 0 Å². The lowest BCUT2D eigenvalue weighted by atomic mass is 10.0. The van der Waals surface area contributed by atoms with Crippen molar-refractivity contribution in [3.05, 3.63) is 52.9 Å². The highest BCUT2D eigenvalue weighted by atomic mass is 19.4. The van der Waals surface area contributed by atoms with Gasteiger partial charge in [-0.15, -0.1) is 0 Å². The molecule has 0 spiro atoms. The van der Waals surface area contributed by atoms with Crippen molar-refractivity contribution in [1.82, 2.24) is 4.98 Å². The van der Waals surface area contributed by atoms with Gasteiger partial charge in [-0.2, -0.15) is 26.3 Å². The Bertz CT molecular complexity index is 912. The lowest BCUT2D eigenvalue weighted by Crippen LogP contribution is -2.35. The van der Waals surface area contributed by atoms with Crippen LogP contribution in [-0.4, -0.2) is 22.2 Å². The van der Waals surface area contributed by atoms with Gasteiger partial charge in [0, 0.05) is 18.5 Å². The zero-order valence-corrected chi connectivity index (χ0v) is 12.3. The highest BCUT2D eigenvalue weighted by Gasteiger charge is 2.62. The highest BCUT2D eigenvalue weighted by Crippen LogP contribution is 2.50. The minimum absolute atomic E-state index is 0.535. The van der Waals surface area contributed by atoms with Gasteiger partial charge in [0.25, 0.3) is 0 Å². The van der Waals surface area contributed by atoms with Crippen LogP contribution in [0.4, 0.5) is 39.5 Å². The monoisotopic (exact) mass is 405 g/mol. The molecule has 2 aromatic rings. The first kappa shape index (κ1) is 20.3. The van der Waals surface area contributed by atoms with Crippen molar-refractivity contribution in [2.24, 2.45) is 0 Å². The third kappa shape index (κ3) is 3.36. The second kappa shape index (κ2) is 6.63. The van der Waals surface area contributed by atoms with E-state index in [4.69, 9.17) is 5.11 Å². The number of alkyl halides is 5. The van der Waals surface area contributed by atoms with Crippen molar-refractivity contribution in [2.45, 2.75) is 12.1 Å². The van der Waals surface area contributed by atoms with E-state index < -0.39 is 64.0 Å². The number of aromatic carboxylic acids is 1. The predicted octanol–water partition coefficient (Wildman–Crippen LogP) is 4.78. The van der Waals surface area contributed by atoms with Gasteiger partial charge in [-0.05, 0) is 0 Å². The van der Waals surface area contributed by atoms with Gasteiger partial charge in [-0.3, -0.25) is 4.98 Å². The van der Waals surface area contributed by atoms with Crippen LogP contribution in [0.1, 0.15) is 15.9 Å². The van der Waals surface area contributed by atoms with E-state index in [1.165, 1.54) is 0 Å². The van der Waals surface area contributed by atoms with Crippen molar-refractivity contribution < 1.29 is 54.2 Å². The van der Waals surface area contributed by atoms with Crippen LogP contribution in [0.15, 0.2) is 18.5 Å². The van der Waals surface area contributed by atoms with Gasteiger partial charge in [0.05, 0.1) is 0 Å². The minimum atomic E-state index is -6.55. The Balaban J connectivity index is 2.83. The summed E-state index contributed by atoms with van der Waals surface area (Å²) in [5, 5.41) is 8.87. The SMILES string of the molecule is O=C(O)c1cnccc1Oc1c(F)c(F)c(F)c(F)c1C(F)(F)C(F)(F)F. The Morgan fingerprint density at radius 3 is 2.04 bits per heavy atom. The standard InChI is InChI=1S/C14H4F9NO3/c15-7-6(13(19,20)14(21,22)23)11(10(18)9(17)8(7)16)27-5-1-2-24-3-4(5)12(25)26/h1-3H,(H,25,26). The summed E-state index contributed by atoms with van der Waals surface area (Å²) in [7, 11) is 0. The number of nitrogens with zero attached hydrogens (tertiary/aromatic N) is 1. The zero-order chi connectivity index (χ0) is 20.7. The molecule has 0 radical (unpaired) electrons. The minimum Gasteiger partial charge on any atom is -0.477 e. The summed E-state index contributed by atoms with van der Waals surface area (Å²) < 4.78 is 123.